The van der Waals surface area contributed by atoms with Crippen LogP contribution in [0.1, 0.15) is 12.8 Å². The Bertz CT molecular complexity index is 536. The number of rotatable bonds is 3. The van der Waals surface area contributed by atoms with Crippen molar-refractivity contribution < 1.29 is 4.74 Å². The number of halogens is 1. The van der Waals surface area contributed by atoms with Crippen LogP contribution in [0.4, 0.5) is 0 Å². The van der Waals surface area contributed by atoms with Gasteiger partial charge in [0.05, 0.1) is 10.7 Å². The summed E-state index contributed by atoms with van der Waals surface area (Å²) in [6.07, 6.45) is 5.97. The summed E-state index contributed by atoms with van der Waals surface area (Å²) in [6.45, 7) is 2.04. The average molecular weight is 278 g/mol. The van der Waals surface area contributed by atoms with Crippen LogP contribution in [0.5, 0.6) is 5.75 Å². The highest BCUT2D eigenvalue weighted by atomic mass is 35.5. The van der Waals surface area contributed by atoms with E-state index in [1.54, 1.807) is 10.9 Å². The fourth-order valence-electron chi connectivity index (χ4n) is 2.26. The lowest BCUT2D eigenvalue weighted by Gasteiger charge is -2.24. The van der Waals surface area contributed by atoms with Crippen LogP contribution in [0.15, 0.2) is 36.7 Å². The molecule has 0 spiro atoms. The Hall–Kier alpha value is -1.52. The van der Waals surface area contributed by atoms with Crippen molar-refractivity contribution in [2.45, 2.75) is 18.9 Å². The molecule has 0 atom stereocenters. The molecule has 1 aromatic carbocycles. The number of hydrogen-bond acceptors (Lipinski definition) is 3. The second-order valence-electron chi connectivity index (χ2n) is 4.63. The van der Waals surface area contributed by atoms with Gasteiger partial charge in [-0.1, -0.05) is 11.6 Å². The Morgan fingerprint density at radius 2 is 2.16 bits per heavy atom. The first kappa shape index (κ1) is 12.5. The molecule has 1 aromatic heterocycles. The van der Waals surface area contributed by atoms with E-state index in [1.165, 1.54) is 0 Å². The van der Waals surface area contributed by atoms with Gasteiger partial charge in [0.2, 0.25) is 0 Å². The smallest absolute Gasteiger partial charge is 0.121 e. The van der Waals surface area contributed by atoms with E-state index in [0.29, 0.717) is 5.02 Å². The van der Waals surface area contributed by atoms with Crippen molar-refractivity contribution in [3.8, 4) is 11.4 Å². The molecule has 0 bridgehead atoms. The molecule has 3 rings (SSSR count). The predicted molar refractivity (Wildman–Crippen MR) is 75.1 cm³/mol. The van der Waals surface area contributed by atoms with E-state index in [0.717, 1.165) is 37.4 Å². The average Bonchev–Trinajstić information content (AvgIpc) is 2.96. The molecule has 0 unspecified atom stereocenters. The first-order chi connectivity index (χ1) is 9.33. The fourth-order valence-corrected chi connectivity index (χ4v) is 2.46. The molecule has 1 aliphatic heterocycles. The third-order valence-corrected chi connectivity index (χ3v) is 3.58. The summed E-state index contributed by atoms with van der Waals surface area (Å²) in [5.74, 6) is 0.849. The highest BCUT2D eigenvalue weighted by molar-refractivity contribution is 6.32. The number of nitrogens with one attached hydrogen (secondary N) is 1. The zero-order valence-electron chi connectivity index (χ0n) is 10.6. The first-order valence-corrected chi connectivity index (χ1v) is 6.88. The molecule has 1 saturated heterocycles. The van der Waals surface area contributed by atoms with Crippen molar-refractivity contribution in [2.24, 2.45) is 0 Å². The van der Waals surface area contributed by atoms with Crippen molar-refractivity contribution in [2.75, 3.05) is 13.1 Å². The summed E-state index contributed by atoms with van der Waals surface area (Å²) in [4.78, 5) is 0. The molecular weight excluding hydrogens is 262 g/mol. The molecule has 2 heterocycles. The minimum Gasteiger partial charge on any atom is -0.490 e. The summed E-state index contributed by atoms with van der Waals surface area (Å²) in [6, 6.07) is 7.58. The normalized spacial score (nSPS) is 16.5. The lowest BCUT2D eigenvalue weighted by molar-refractivity contribution is 0.162. The maximum atomic E-state index is 6.20. The summed E-state index contributed by atoms with van der Waals surface area (Å²) in [7, 11) is 0. The van der Waals surface area contributed by atoms with Gasteiger partial charge in [-0.25, -0.2) is 4.68 Å². The van der Waals surface area contributed by atoms with Gasteiger partial charge in [0.1, 0.15) is 11.9 Å². The van der Waals surface area contributed by atoms with E-state index in [9.17, 15) is 0 Å². The molecular formula is C14H16ClN3O. The Morgan fingerprint density at radius 3 is 2.89 bits per heavy atom. The van der Waals surface area contributed by atoms with Crippen LogP contribution in [-0.2, 0) is 0 Å². The molecule has 0 saturated carbocycles. The maximum Gasteiger partial charge on any atom is 0.121 e. The molecule has 0 amide bonds. The topological polar surface area (TPSA) is 39.1 Å². The molecule has 19 heavy (non-hydrogen) atoms. The van der Waals surface area contributed by atoms with Crippen molar-refractivity contribution in [3.05, 3.63) is 41.7 Å². The zero-order valence-corrected chi connectivity index (χ0v) is 11.3. The predicted octanol–water partition coefficient (Wildman–Crippen LogP) is 2.66. The van der Waals surface area contributed by atoms with E-state index in [-0.39, 0.29) is 6.10 Å². The molecule has 0 radical (unpaired) electrons. The Morgan fingerprint density at radius 1 is 1.32 bits per heavy atom. The summed E-state index contributed by atoms with van der Waals surface area (Å²) in [5, 5.41) is 8.20. The van der Waals surface area contributed by atoms with Crippen LogP contribution in [0.3, 0.4) is 0 Å². The van der Waals surface area contributed by atoms with Crippen LogP contribution in [0.2, 0.25) is 5.02 Å². The van der Waals surface area contributed by atoms with Gasteiger partial charge in [0, 0.05) is 18.5 Å². The number of benzene rings is 1. The van der Waals surface area contributed by atoms with Crippen molar-refractivity contribution >= 4 is 11.6 Å². The third-order valence-electron chi connectivity index (χ3n) is 3.26. The molecule has 1 aliphatic rings. The van der Waals surface area contributed by atoms with Crippen LogP contribution in [-0.4, -0.2) is 29.0 Å². The lowest BCUT2D eigenvalue weighted by atomic mass is 10.1. The number of piperidine rings is 1. The highest BCUT2D eigenvalue weighted by Crippen LogP contribution is 2.26. The van der Waals surface area contributed by atoms with Crippen LogP contribution < -0.4 is 10.1 Å². The van der Waals surface area contributed by atoms with E-state index in [2.05, 4.69) is 10.4 Å². The van der Waals surface area contributed by atoms with Crippen LogP contribution in [0.25, 0.3) is 5.69 Å². The van der Waals surface area contributed by atoms with Gasteiger partial charge in [-0.2, -0.15) is 5.10 Å². The van der Waals surface area contributed by atoms with E-state index < -0.39 is 0 Å². The Balaban J connectivity index is 1.81. The van der Waals surface area contributed by atoms with E-state index in [4.69, 9.17) is 16.3 Å². The molecule has 5 heteroatoms. The van der Waals surface area contributed by atoms with Gasteiger partial charge in [-0.15, -0.1) is 0 Å². The third kappa shape index (κ3) is 2.91. The number of ether oxygens (including phenoxy) is 1. The number of nitrogens with zero attached hydrogens (tertiary/aromatic N) is 2. The van der Waals surface area contributed by atoms with Crippen molar-refractivity contribution in [1.82, 2.24) is 15.1 Å². The fraction of sp³-hybridized carbons (Fsp3) is 0.357. The highest BCUT2D eigenvalue weighted by Gasteiger charge is 2.15. The summed E-state index contributed by atoms with van der Waals surface area (Å²) < 4.78 is 7.76. The van der Waals surface area contributed by atoms with Crippen molar-refractivity contribution in [1.29, 1.82) is 0 Å². The summed E-state index contributed by atoms with van der Waals surface area (Å²) in [5.41, 5.74) is 0.845. The zero-order chi connectivity index (χ0) is 13.1. The quantitative estimate of drug-likeness (QED) is 0.937. The van der Waals surface area contributed by atoms with E-state index in [1.807, 2.05) is 30.5 Å². The van der Waals surface area contributed by atoms with Crippen molar-refractivity contribution in [3.63, 3.8) is 0 Å². The van der Waals surface area contributed by atoms with Gasteiger partial charge in [-0.05, 0) is 44.1 Å². The molecule has 100 valence electrons. The largest absolute Gasteiger partial charge is 0.490 e. The standard InChI is InChI=1S/C14H16ClN3O/c15-13-3-2-12(19-11-4-7-16-8-5-11)10-14(13)18-9-1-6-17-18/h1-3,6,9-11,16H,4-5,7-8H2. The number of hydrogen-bond donors (Lipinski definition) is 1. The van der Waals surface area contributed by atoms with Gasteiger partial charge < -0.3 is 10.1 Å². The van der Waals surface area contributed by atoms with Gasteiger partial charge >= 0.3 is 0 Å². The molecule has 1 N–H and O–H groups in total. The minimum atomic E-state index is 0.285. The molecule has 2 aromatic rings. The van der Waals surface area contributed by atoms with Crippen LogP contribution in [0, 0.1) is 0 Å². The molecule has 0 aliphatic carbocycles. The number of aromatic nitrogens is 2. The van der Waals surface area contributed by atoms with Gasteiger partial charge in [0.15, 0.2) is 0 Å². The Labute approximate surface area is 117 Å². The lowest BCUT2D eigenvalue weighted by Crippen LogP contribution is -2.34. The second kappa shape index (κ2) is 5.63. The molecule has 4 nitrogen and oxygen atoms in total. The molecule has 1 fully saturated rings. The second-order valence-corrected chi connectivity index (χ2v) is 5.04. The SMILES string of the molecule is Clc1ccc(OC2CCNCC2)cc1-n1cccn1. The first-order valence-electron chi connectivity index (χ1n) is 6.50. The van der Waals surface area contributed by atoms with Crippen LogP contribution >= 0.6 is 11.6 Å². The maximum absolute atomic E-state index is 6.20. The van der Waals surface area contributed by atoms with E-state index >= 15 is 0 Å². The minimum absolute atomic E-state index is 0.285. The summed E-state index contributed by atoms with van der Waals surface area (Å²) >= 11 is 6.20. The van der Waals surface area contributed by atoms with Gasteiger partial charge in [-0.3, -0.25) is 0 Å². The monoisotopic (exact) mass is 277 g/mol. The van der Waals surface area contributed by atoms with Gasteiger partial charge in [0.25, 0.3) is 0 Å². The Kier molecular flexibility index (Phi) is 3.71.